The van der Waals surface area contributed by atoms with Gasteiger partial charge in [-0.15, -0.1) is 0 Å². The molecule has 0 radical (unpaired) electrons. The maximum atomic E-state index is 10.8. The van der Waals surface area contributed by atoms with Crippen molar-refractivity contribution in [2.45, 2.75) is 13.8 Å². The van der Waals surface area contributed by atoms with Crippen LogP contribution in [-0.4, -0.2) is 11.9 Å². The SMILES string of the molecule is CC(=O)Oc1cc(OC(C)=O)c(I)cc1I. The first-order valence-electron chi connectivity index (χ1n) is 4.26. The van der Waals surface area contributed by atoms with E-state index in [2.05, 4.69) is 0 Å². The van der Waals surface area contributed by atoms with Crippen LogP contribution in [0.2, 0.25) is 0 Å². The average molecular weight is 446 g/mol. The van der Waals surface area contributed by atoms with Gasteiger partial charge in [-0.1, -0.05) is 0 Å². The summed E-state index contributed by atoms with van der Waals surface area (Å²) in [5.74, 6) is -0.0321. The molecule has 16 heavy (non-hydrogen) atoms. The highest BCUT2D eigenvalue weighted by atomic mass is 127. The molecule has 0 aliphatic carbocycles. The fraction of sp³-hybridized carbons (Fsp3) is 0.200. The molecule has 0 heterocycles. The monoisotopic (exact) mass is 446 g/mol. The fourth-order valence-corrected chi connectivity index (χ4v) is 2.73. The fourth-order valence-electron chi connectivity index (χ4n) is 0.977. The molecular formula is C10H8I2O4. The Kier molecular flexibility index (Phi) is 4.96. The Morgan fingerprint density at radius 2 is 1.31 bits per heavy atom. The molecule has 0 saturated heterocycles. The third-order valence-electron chi connectivity index (χ3n) is 1.49. The zero-order valence-electron chi connectivity index (χ0n) is 8.54. The van der Waals surface area contributed by atoms with Crippen molar-refractivity contribution < 1.29 is 19.1 Å². The minimum atomic E-state index is -0.409. The van der Waals surface area contributed by atoms with E-state index in [4.69, 9.17) is 9.47 Å². The Balaban J connectivity index is 3.10. The van der Waals surface area contributed by atoms with Crippen molar-refractivity contribution in [2.75, 3.05) is 0 Å². The molecule has 0 amide bonds. The largest absolute Gasteiger partial charge is 0.425 e. The summed E-state index contributed by atoms with van der Waals surface area (Å²) in [6, 6.07) is 3.31. The van der Waals surface area contributed by atoms with Gasteiger partial charge in [0, 0.05) is 19.9 Å². The van der Waals surface area contributed by atoms with Crippen molar-refractivity contribution in [3.8, 4) is 11.5 Å². The summed E-state index contributed by atoms with van der Waals surface area (Å²) in [4.78, 5) is 21.7. The van der Waals surface area contributed by atoms with Crippen LogP contribution in [0, 0.1) is 7.14 Å². The van der Waals surface area contributed by atoms with Crippen LogP contribution < -0.4 is 9.47 Å². The second kappa shape index (κ2) is 5.80. The lowest BCUT2D eigenvalue weighted by Gasteiger charge is -2.09. The molecule has 0 saturated carbocycles. The van der Waals surface area contributed by atoms with E-state index >= 15 is 0 Å². The van der Waals surface area contributed by atoms with Crippen LogP contribution in [0.5, 0.6) is 11.5 Å². The Hall–Kier alpha value is -0.380. The van der Waals surface area contributed by atoms with E-state index in [1.165, 1.54) is 19.9 Å². The molecule has 0 aliphatic rings. The molecule has 1 rings (SSSR count). The van der Waals surface area contributed by atoms with Gasteiger partial charge in [0.05, 0.1) is 7.14 Å². The summed E-state index contributed by atoms with van der Waals surface area (Å²) in [7, 11) is 0. The number of halogens is 2. The molecule has 1 aromatic carbocycles. The summed E-state index contributed by atoms with van der Waals surface area (Å²) in [6.07, 6.45) is 0. The molecule has 0 aromatic heterocycles. The van der Waals surface area contributed by atoms with Crippen molar-refractivity contribution in [1.29, 1.82) is 0 Å². The third kappa shape index (κ3) is 3.89. The molecule has 6 heteroatoms. The number of esters is 2. The van der Waals surface area contributed by atoms with Gasteiger partial charge in [0.1, 0.15) is 11.5 Å². The van der Waals surface area contributed by atoms with E-state index in [-0.39, 0.29) is 0 Å². The van der Waals surface area contributed by atoms with Crippen LogP contribution in [0.3, 0.4) is 0 Å². The summed E-state index contributed by atoms with van der Waals surface area (Å²) >= 11 is 4.09. The molecule has 0 N–H and O–H groups in total. The minimum absolute atomic E-state index is 0.393. The van der Waals surface area contributed by atoms with E-state index in [9.17, 15) is 9.59 Å². The smallest absolute Gasteiger partial charge is 0.308 e. The number of ether oxygens (including phenoxy) is 2. The lowest BCUT2D eigenvalue weighted by molar-refractivity contribution is -0.132. The molecule has 0 bridgehead atoms. The first kappa shape index (κ1) is 13.7. The Labute approximate surface area is 120 Å². The molecule has 0 aliphatic heterocycles. The molecule has 1 aromatic rings. The van der Waals surface area contributed by atoms with Crippen LogP contribution in [0.4, 0.5) is 0 Å². The van der Waals surface area contributed by atoms with Crippen LogP contribution in [0.25, 0.3) is 0 Å². The minimum Gasteiger partial charge on any atom is -0.425 e. The normalized spacial score (nSPS) is 9.75. The highest BCUT2D eigenvalue weighted by molar-refractivity contribution is 14.1. The van der Waals surface area contributed by atoms with Gasteiger partial charge in [-0.2, -0.15) is 0 Å². The number of hydrogen-bond donors (Lipinski definition) is 0. The van der Waals surface area contributed by atoms with E-state index < -0.39 is 11.9 Å². The Morgan fingerprint density at radius 3 is 1.62 bits per heavy atom. The molecule has 0 unspecified atom stereocenters. The van der Waals surface area contributed by atoms with Gasteiger partial charge in [0.2, 0.25) is 0 Å². The van der Waals surface area contributed by atoms with Gasteiger partial charge in [-0.05, 0) is 51.2 Å². The van der Waals surface area contributed by atoms with Crippen LogP contribution in [0.15, 0.2) is 12.1 Å². The van der Waals surface area contributed by atoms with Gasteiger partial charge in [0.15, 0.2) is 0 Å². The van der Waals surface area contributed by atoms with Crippen molar-refractivity contribution in [1.82, 2.24) is 0 Å². The average Bonchev–Trinajstić information content (AvgIpc) is 2.11. The van der Waals surface area contributed by atoms with Gasteiger partial charge >= 0.3 is 11.9 Å². The molecule has 4 nitrogen and oxygen atoms in total. The number of benzene rings is 1. The van der Waals surface area contributed by atoms with E-state index in [0.717, 1.165) is 7.14 Å². The third-order valence-corrected chi connectivity index (χ3v) is 3.18. The highest BCUT2D eigenvalue weighted by Crippen LogP contribution is 2.31. The molecule has 0 fully saturated rings. The molecular weight excluding hydrogens is 438 g/mol. The number of carbonyl (C=O) groups excluding carboxylic acids is 2. The van der Waals surface area contributed by atoms with Crippen LogP contribution in [0.1, 0.15) is 13.8 Å². The summed E-state index contributed by atoms with van der Waals surface area (Å²) < 4.78 is 11.5. The van der Waals surface area contributed by atoms with Crippen LogP contribution in [-0.2, 0) is 9.59 Å². The number of rotatable bonds is 2. The second-order valence-electron chi connectivity index (χ2n) is 2.90. The van der Waals surface area contributed by atoms with Crippen molar-refractivity contribution >= 4 is 57.1 Å². The van der Waals surface area contributed by atoms with Gasteiger partial charge in [-0.3, -0.25) is 9.59 Å². The predicted octanol–water partition coefficient (Wildman–Crippen LogP) is 2.75. The second-order valence-corrected chi connectivity index (χ2v) is 5.22. The van der Waals surface area contributed by atoms with Crippen LogP contribution >= 0.6 is 45.2 Å². The van der Waals surface area contributed by atoms with Crippen molar-refractivity contribution in [3.05, 3.63) is 19.3 Å². The van der Waals surface area contributed by atoms with E-state index in [0.29, 0.717) is 11.5 Å². The number of carbonyl (C=O) groups is 2. The maximum absolute atomic E-state index is 10.8. The molecule has 0 atom stereocenters. The summed E-state index contributed by atoms with van der Waals surface area (Å²) in [6.45, 7) is 2.64. The number of hydrogen-bond acceptors (Lipinski definition) is 4. The topological polar surface area (TPSA) is 52.6 Å². The lowest BCUT2D eigenvalue weighted by atomic mass is 10.3. The van der Waals surface area contributed by atoms with E-state index in [1.54, 1.807) is 6.07 Å². The lowest BCUT2D eigenvalue weighted by Crippen LogP contribution is -2.06. The summed E-state index contributed by atoms with van der Waals surface area (Å²) in [5.41, 5.74) is 0. The zero-order chi connectivity index (χ0) is 12.3. The van der Waals surface area contributed by atoms with Gasteiger partial charge < -0.3 is 9.47 Å². The van der Waals surface area contributed by atoms with Gasteiger partial charge in [-0.25, -0.2) is 0 Å². The zero-order valence-corrected chi connectivity index (χ0v) is 12.9. The Morgan fingerprint density at radius 1 is 0.938 bits per heavy atom. The first-order valence-corrected chi connectivity index (χ1v) is 6.41. The predicted molar refractivity (Wildman–Crippen MR) is 74.5 cm³/mol. The molecule has 86 valence electrons. The standard InChI is InChI=1S/C10H8I2O4/c1-5(13)15-9-4-10(16-6(2)14)8(12)3-7(9)11/h3-4H,1-2H3. The van der Waals surface area contributed by atoms with Crippen molar-refractivity contribution in [2.24, 2.45) is 0 Å². The molecule has 0 spiro atoms. The highest BCUT2D eigenvalue weighted by Gasteiger charge is 2.11. The maximum Gasteiger partial charge on any atom is 0.308 e. The van der Waals surface area contributed by atoms with Gasteiger partial charge in [0.25, 0.3) is 0 Å². The first-order chi connectivity index (χ1) is 7.40. The summed E-state index contributed by atoms with van der Waals surface area (Å²) in [5, 5.41) is 0. The van der Waals surface area contributed by atoms with E-state index in [1.807, 2.05) is 45.2 Å². The Bertz CT molecular complexity index is 405. The quantitative estimate of drug-likeness (QED) is 0.399. The van der Waals surface area contributed by atoms with Crippen molar-refractivity contribution in [3.63, 3.8) is 0 Å².